The summed E-state index contributed by atoms with van der Waals surface area (Å²) in [4.78, 5) is 11.0. The third-order valence-electron chi connectivity index (χ3n) is 3.13. The zero-order valence-electron chi connectivity index (χ0n) is 11.6. The fourth-order valence-electron chi connectivity index (χ4n) is 1.98. The fraction of sp³-hybridized carbons (Fsp3) is 0.0588. The van der Waals surface area contributed by atoms with E-state index in [9.17, 15) is 9.18 Å². The molecule has 0 saturated carbocycles. The molecule has 3 N–H and O–H groups in total. The third-order valence-corrected chi connectivity index (χ3v) is 3.13. The molecule has 0 aliphatic heterocycles. The van der Waals surface area contributed by atoms with Gasteiger partial charge >= 0.3 is 0 Å². The van der Waals surface area contributed by atoms with Gasteiger partial charge in [-0.15, -0.1) is 0 Å². The monoisotopic (exact) mass is 282 g/mol. The molecule has 0 radical (unpaired) electrons. The maximum absolute atomic E-state index is 13.8. The number of aryl methyl sites for hydroxylation is 1. The molecule has 3 nitrogen and oxygen atoms in total. The average Bonchev–Trinajstić information content (AvgIpc) is 2.47. The summed E-state index contributed by atoms with van der Waals surface area (Å²) in [5, 5.41) is 7.98. The van der Waals surface area contributed by atoms with Crippen molar-refractivity contribution in [3.8, 4) is 0 Å². The first kappa shape index (κ1) is 14.7. The molecule has 0 aliphatic rings. The van der Waals surface area contributed by atoms with E-state index in [0.29, 0.717) is 12.0 Å². The molecule has 0 heterocycles. The highest BCUT2D eigenvalue weighted by Crippen LogP contribution is 2.16. The van der Waals surface area contributed by atoms with Crippen molar-refractivity contribution in [2.75, 3.05) is 0 Å². The minimum atomic E-state index is -0.613. The van der Waals surface area contributed by atoms with E-state index in [2.05, 4.69) is 0 Å². The zero-order valence-corrected chi connectivity index (χ0v) is 11.6. The summed E-state index contributed by atoms with van der Waals surface area (Å²) < 4.78 is 13.8. The molecule has 0 saturated heterocycles. The summed E-state index contributed by atoms with van der Waals surface area (Å²) in [6.07, 6.45) is 1.89. The summed E-state index contributed by atoms with van der Waals surface area (Å²) in [5.74, 6) is -0.613. The van der Waals surface area contributed by atoms with Crippen molar-refractivity contribution in [1.82, 2.24) is 0 Å². The molecule has 0 unspecified atom stereocenters. The van der Waals surface area contributed by atoms with Crippen molar-refractivity contribution >= 4 is 17.7 Å². The molecule has 0 aliphatic carbocycles. The minimum Gasteiger partial charge on any atom is -0.398 e. The summed E-state index contributed by atoms with van der Waals surface area (Å²) >= 11 is 0. The Kier molecular flexibility index (Phi) is 4.28. The summed E-state index contributed by atoms with van der Waals surface area (Å²) in [6, 6.07) is 11.6. The quantitative estimate of drug-likeness (QED) is 0.667. The zero-order chi connectivity index (χ0) is 15.4. The number of carbonyl (C=O) groups is 1. The Hall–Kier alpha value is -2.75. The SMILES string of the molecule is Cc1ccc(/C(N)=C/C(=N)c2c(F)cccc2C=O)cc1. The number of allylic oxidation sites excluding steroid dienone is 1. The normalized spacial score (nSPS) is 11.2. The molecule has 0 bridgehead atoms. The predicted octanol–water partition coefficient (Wildman–Crippen LogP) is 3.31. The molecular weight excluding hydrogens is 267 g/mol. The van der Waals surface area contributed by atoms with E-state index in [0.717, 1.165) is 11.1 Å². The third kappa shape index (κ3) is 3.23. The minimum absolute atomic E-state index is 0.0393. The second-order valence-corrected chi connectivity index (χ2v) is 4.70. The van der Waals surface area contributed by atoms with Gasteiger partial charge in [0.05, 0.1) is 5.71 Å². The van der Waals surface area contributed by atoms with Gasteiger partial charge in [0.2, 0.25) is 0 Å². The topological polar surface area (TPSA) is 66.9 Å². The van der Waals surface area contributed by atoms with Crippen LogP contribution in [0.25, 0.3) is 5.70 Å². The standard InChI is InChI=1S/C17H15FN2O/c1-11-5-7-12(8-6-11)15(19)9-16(20)17-13(10-21)3-2-4-14(17)18/h2-10,20H,19H2,1H3/b15-9-,20-16?. The Labute approximate surface area is 122 Å². The second-order valence-electron chi connectivity index (χ2n) is 4.70. The first-order chi connectivity index (χ1) is 10.0. The molecule has 2 rings (SSSR count). The van der Waals surface area contributed by atoms with Gasteiger partial charge in [-0.1, -0.05) is 42.0 Å². The second kappa shape index (κ2) is 6.13. The number of hydrogen-bond donors (Lipinski definition) is 2. The van der Waals surface area contributed by atoms with Crippen LogP contribution < -0.4 is 5.73 Å². The van der Waals surface area contributed by atoms with Crippen LogP contribution in [0.1, 0.15) is 27.0 Å². The van der Waals surface area contributed by atoms with Crippen molar-refractivity contribution in [2.24, 2.45) is 5.73 Å². The van der Waals surface area contributed by atoms with Crippen molar-refractivity contribution in [1.29, 1.82) is 5.41 Å². The van der Waals surface area contributed by atoms with Gasteiger partial charge in [0.15, 0.2) is 6.29 Å². The van der Waals surface area contributed by atoms with Gasteiger partial charge in [0.1, 0.15) is 5.82 Å². The first-order valence-corrected chi connectivity index (χ1v) is 6.39. The lowest BCUT2D eigenvalue weighted by Gasteiger charge is -2.07. The average molecular weight is 282 g/mol. The van der Waals surface area contributed by atoms with Crippen molar-refractivity contribution in [3.63, 3.8) is 0 Å². The molecule has 2 aromatic carbocycles. The Bertz CT molecular complexity index is 718. The van der Waals surface area contributed by atoms with Gasteiger partial charge in [-0.25, -0.2) is 4.39 Å². The lowest BCUT2D eigenvalue weighted by molar-refractivity contribution is 0.112. The molecule has 106 valence electrons. The molecular formula is C17H15FN2O. The number of hydrogen-bond acceptors (Lipinski definition) is 3. The molecule has 2 aromatic rings. The lowest BCUT2D eigenvalue weighted by atomic mass is 10.0. The highest BCUT2D eigenvalue weighted by Gasteiger charge is 2.12. The highest BCUT2D eigenvalue weighted by molar-refractivity contribution is 6.13. The number of carbonyl (C=O) groups excluding carboxylic acids is 1. The number of benzene rings is 2. The maximum atomic E-state index is 13.8. The number of halogens is 1. The van der Waals surface area contributed by atoms with Crippen LogP contribution in [0.15, 0.2) is 48.5 Å². The maximum Gasteiger partial charge on any atom is 0.150 e. The van der Waals surface area contributed by atoms with E-state index < -0.39 is 5.82 Å². The van der Waals surface area contributed by atoms with Crippen molar-refractivity contribution in [2.45, 2.75) is 6.92 Å². The fourth-order valence-corrected chi connectivity index (χ4v) is 1.98. The van der Waals surface area contributed by atoms with E-state index in [1.165, 1.54) is 24.3 Å². The number of nitrogens with one attached hydrogen (secondary N) is 1. The van der Waals surface area contributed by atoms with Gasteiger partial charge in [0, 0.05) is 16.8 Å². The van der Waals surface area contributed by atoms with Crippen molar-refractivity contribution < 1.29 is 9.18 Å². The smallest absolute Gasteiger partial charge is 0.150 e. The summed E-state index contributed by atoms with van der Waals surface area (Å²) in [7, 11) is 0. The number of nitrogens with two attached hydrogens (primary N) is 1. The largest absolute Gasteiger partial charge is 0.398 e. The molecule has 0 aromatic heterocycles. The lowest BCUT2D eigenvalue weighted by Crippen LogP contribution is -2.07. The van der Waals surface area contributed by atoms with Gasteiger partial charge < -0.3 is 11.1 Å². The molecule has 0 amide bonds. The van der Waals surface area contributed by atoms with Gasteiger partial charge in [-0.3, -0.25) is 4.79 Å². The number of aldehydes is 1. The van der Waals surface area contributed by atoms with E-state index in [1.54, 1.807) is 0 Å². The molecule has 4 heteroatoms. The Morgan fingerprint density at radius 3 is 2.48 bits per heavy atom. The van der Waals surface area contributed by atoms with Crippen LogP contribution >= 0.6 is 0 Å². The summed E-state index contributed by atoms with van der Waals surface area (Å²) in [5.41, 5.74) is 8.08. The van der Waals surface area contributed by atoms with Crippen molar-refractivity contribution in [3.05, 3.63) is 76.6 Å². The van der Waals surface area contributed by atoms with Crippen LogP contribution in [0.5, 0.6) is 0 Å². The Morgan fingerprint density at radius 1 is 1.19 bits per heavy atom. The van der Waals surface area contributed by atoms with Crippen LogP contribution in [0.4, 0.5) is 4.39 Å². The van der Waals surface area contributed by atoms with Gasteiger partial charge in [0.25, 0.3) is 0 Å². The van der Waals surface area contributed by atoms with Crippen LogP contribution in [-0.2, 0) is 0 Å². The first-order valence-electron chi connectivity index (χ1n) is 6.39. The van der Waals surface area contributed by atoms with Gasteiger partial charge in [-0.05, 0) is 24.6 Å². The molecule has 21 heavy (non-hydrogen) atoms. The van der Waals surface area contributed by atoms with Crippen LogP contribution in [0.2, 0.25) is 0 Å². The molecule has 0 spiro atoms. The number of rotatable bonds is 4. The van der Waals surface area contributed by atoms with Crippen LogP contribution in [0, 0.1) is 18.2 Å². The van der Waals surface area contributed by atoms with Gasteiger partial charge in [-0.2, -0.15) is 0 Å². The van der Waals surface area contributed by atoms with E-state index in [4.69, 9.17) is 11.1 Å². The van der Waals surface area contributed by atoms with E-state index >= 15 is 0 Å². The van der Waals surface area contributed by atoms with E-state index in [1.807, 2.05) is 31.2 Å². The molecule has 0 atom stereocenters. The van der Waals surface area contributed by atoms with Crippen LogP contribution in [0.3, 0.4) is 0 Å². The Morgan fingerprint density at radius 2 is 1.86 bits per heavy atom. The summed E-state index contributed by atoms with van der Waals surface area (Å²) in [6.45, 7) is 1.96. The van der Waals surface area contributed by atoms with Crippen LogP contribution in [-0.4, -0.2) is 12.0 Å². The van der Waals surface area contributed by atoms with E-state index in [-0.39, 0.29) is 16.8 Å². The molecule has 0 fully saturated rings. The Balaban J connectivity index is 2.39. The highest BCUT2D eigenvalue weighted by atomic mass is 19.1. The predicted molar refractivity (Wildman–Crippen MR) is 82.0 cm³/mol.